The second-order valence-corrected chi connectivity index (χ2v) is 4.40. The van der Waals surface area contributed by atoms with Crippen LogP contribution in [0.3, 0.4) is 0 Å². The summed E-state index contributed by atoms with van der Waals surface area (Å²) in [4.78, 5) is 4.07. The van der Waals surface area contributed by atoms with E-state index >= 15 is 0 Å². The largest absolute Gasteiger partial charge is 0.394 e. The van der Waals surface area contributed by atoms with E-state index in [1.54, 1.807) is 17.1 Å². The smallest absolute Gasteiger partial charge is 0.152 e. The van der Waals surface area contributed by atoms with Crippen LogP contribution in [0.1, 0.15) is 11.1 Å². The van der Waals surface area contributed by atoms with Gasteiger partial charge in [-0.15, -0.1) is 0 Å². The van der Waals surface area contributed by atoms with Crippen LogP contribution in [-0.4, -0.2) is 26.5 Å². The van der Waals surface area contributed by atoms with Crippen molar-refractivity contribution in [2.45, 2.75) is 20.0 Å². The third-order valence-electron chi connectivity index (χ3n) is 2.47. The molecule has 0 saturated heterocycles. The Bertz CT molecular complexity index is 527. The Morgan fingerprint density at radius 1 is 1.44 bits per heavy atom. The average Bonchev–Trinajstić information content (AvgIpc) is 2.79. The quantitative estimate of drug-likeness (QED) is 0.811. The number of hydrogen-bond donors (Lipinski definition) is 2. The van der Waals surface area contributed by atoms with Gasteiger partial charge in [0.25, 0.3) is 0 Å². The molecule has 0 spiro atoms. The van der Waals surface area contributed by atoms with E-state index in [-0.39, 0.29) is 6.61 Å². The summed E-state index contributed by atoms with van der Waals surface area (Å²) in [5.41, 5.74) is 2.89. The Morgan fingerprint density at radius 3 is 3.06 bits per heavy atom. The Morgan fingerprint density at radius 2 is 2.28 bits per heavy atom. The zero-order valence-electron chi connectivity index (χ0n) is 10.1. The average molecular weight is 267 g/mol. The van der Waals surface area contributed by atoms with E-state index in [1.165, 1.54) is 0 Å². The summed E-state index contributed by atoms with van der Waals surface area (Å²) >= 11 is 5.99. The molecule has 2 heterocycles. The molecule has 5 nitrogen and oxygen atoms in total. The predicted molar refractivity (Wildman–Crippen MR) is 70.6 cm³/mol. The number of aliphatic hydroxyl groups is 1. The molecule has 0 aliphatic rings. The fraction of sp³-hybridized carbons (Fsp3) is 0.333. The second kappa shape index (κ2) is 5.84. The summed E-state index contributed by atoms with van der Waals surface area (Å²) in [5, 5.41) is 16.6. The van der Waals surface area contributed by atoms with Gasteiger partial charge in [0.1, 0.15) is 0 Å². The van der Waals surface area contributed by atoms with E-state index in [1.807, 2.05) is 19.2 Å². The summed E-state index contributed by atoms with van der Waals surface area (Å²) < 4.78 is 1.70. The maximum atomic E-state index is 8.80. The van der Waals surface area contributed by atoms with E-state index in [4.69, 9.17) is 16.7 Å². The van der Waals surface area contributed by atoms with Crippen LogP contribution < -0.4 is 5.32 Å². The maximum absolute atomic E-state index is 8.80. The lowest BCUT2D eigenvalue weighted by atomic mass is 10.3. The minimum Gasteiger partial charge on any atom is -0.394 e. The lowest BCUT2D eigenvalue weighted by Gasteiger charge is -2.07. The van der Waals surface area contributed by atoms with Gasteiger partial charge < -0.3 is 10.4 Å². The molecule has 96 valence electrons. The molecule has 2 rings (SSSR count). The molecule has 0 fully saturated rings. The molecule has 0 unspecified atom stereocenters. The summed E-state index contributed by atoms with van der Waals surface area (Å²) in [6, 6.07) is 1.95. The molecule has 0 amide bonds. The standard InChI is InChI=1S/C12H15ClN4O/c1-9-4-11(12(13)15-5-9)14-6-10-7-16-17(8-10)2-3-18/h4-5,7-8,14,18H,2-3,6H2,1H3. The van der Waals surface area contributed by atoms with Crippen molar-refractivity contribution in [3.63, 3.8) is 0 Å². The Kier molecular flexibility index (Phi) is 4.17. The molecule has 2 N–H and O–H groups in total. The third kappa shape index (κ3) is 3.21. The van der Waals surface area contributed by atoms with Crippen molar-refractivity contribution in [1.29, 1.82) is 0 Å². The van der Waals surface area contributed by atoms with Gasteiger partial charge in [-0.2, -0.15) is 5.10 Å². The highest BCUT2D eigenvalue weighted by atomic mass is 35.5. The van der Waals surface area contributed by atoms with E-state index in [2.05, 4.69) is 15.4 Å². The molecule has 0 aliphatic carbocycles. The van der Waals surface area contributed by atoms with Crippen LogP contribution >= 0.6 is 11.6 Å². The van der Waals surface area contributed by atoms with Crippen molar-refractivity contribution in [2.24, 2.45) is 0 Å². The SMILES string of the molecule is Cc1cnc(Cl)c(NCc2cnn(CCO)c2)c1. The number of aryl methyl sites for hydroxylation is 1. The first kappa shape index (κ1) is 12.9. The highest BCUT2D eigenvalue weighted by Crippen LogP contribution is 2.20. The minimum absolute atomic E-state index is 0.0855. The molecule has 0 saturated carbocycles. The number of rotatable bonds is 5. The van der Waals surface area contributed by atoms with Crippen LogP contribution in [0, 0.1) is 6.92 Å². The van der Waals surface area contributed by atoms with Crippen LogP contribution in [0.15, 0.2) is 24.7 Å². The predicted octanol–water partition coefficient (Wildman–Crippen LogP) is 1.84. The maximum Gasteiger partial charge on any atom is 0.152 e. The van der Waals surface area contributed by atoms with Gasteiger partial charge in [0.2, 0.25) is 0 Å². The number of aromatic nitrogens is 3. The summed E-state index contributed by atoms with van der Waals surface area (Å²) in [6.45, 7) is 3.18. The molecule has 0 aromatic carbocycles. The first-order valence-electron chi connectivity index (χ1n) is 5.67. The van der Waals surface area contributed by atoms with Crippen molar-refractivity contribution in [1.82, 2.24) is 14.8 Å². The number of pyridine rings is 1. The summed E-state index contributed by atoms with van der Waals surface area (Å²) in [5.74, 6) is 0. The number of anilines is 1. The van der Waals surface area contributed by atoms with Gasteiger partial charge in [-0.25, -0.2) is 4.98 Å². The van der Waals surface area contributed by atoms with Gasteiger partial charge in [0, 0.05) is 24.5 Å². The highest BCUT2D eigenvalue weighted by Gasteiger charge is 2.03. The number of nitrogens with zero attached hydrogens (tertiary/aromatic N) is 3. The Balaban J connectivity index is 1.99. The zero-order valence-corrected chi connectivity index (χ0v) is 10.9. The Hall–Kier alpha value is -1.59. The van der Waals surface area contributed by atoms with Gasteiger partial charge in [-0.1, -0.05) is 11.6 Å². The monoisotopic (exact) mass is 266 g/mol. The van der Waals surface area contributed by atoms with Crippen LogP contribution in [0.25, 0.3) is 0 Å². The molecular weight excluding hydrogens is 252 g/mol. The van der Waals surface area contributed by atoms with Gasteiger partial charge in [0.05, 0.1) is 25.0 Å². The van der Waals surface area contributed by atoms with Crippen molar-refractivity contribution in [3.05, 3.63) is 40.9 Å². The Labute approximate surface area is 110 Å². The van der Waals surface area contributed by atoms with Gasteiger partial charge in [-0.05, 0) is 18.6 Å². The summed E-state index contributed by atoms with van der Waals surface area (Å²) in [6.07, 6.45) is 5.38. The molecule has 2 aromatic rings. The first-order valence-corrected chi connectivity index (χ1v) is 6.05. The molecule has 0 bridgehead atoms. The second-order valence-electron chi connectivity index (χ2n) is 4.04. The minimum atomic E-state index is 0.0855. The number of hydrogen-bond acceptors (Lipinski definition) is 4. The normalized spacial score (nSPS) is 10.6. The first-order chi connectivity index (χ1) is 8.69. The van der Waals surface area contributed by atoms with Crippen molar-refractivity contribution in [3.8, 4) is 0 Å². The summed E-state index contributed by atoms with van der Waals surface area (Å²) in [7, 11) is 0. The van der Waals surface area contributed by atoms with Crippen LogP contribution in [-0.2, 0) is 13.1 Å². The molecule has 0 atom stereocenters. The zero-order chi connectivity index (χ0) is 13.0. The number of halogens is 1. The van der Waals surface area contributed by atoms with Gasteiger partial charge >= 0.3 is 0 Å². The fourth-order valence-corrected chi connectivity index (χ4v) is 1.77. The number of aliphatic hydroxyl groups excluding tert-OH is 1. The fourth-order valence-electron chi connectivity index (χ4n) is 1.60. The van der Waals surface area contributed by atoms with E-state index < -0.39 is 0 Å². The molecule has 0 radical (unpaired) electrons. The molecule has 2 aromatic heterocycles. The molecule has 0 aliphatic heterocycles. The number of nitrogens with one attached hydrogen (secondary N) is 1. The van der Waals surface area contributed by atoms with Crippen molar-refractivity contribution in [2.75, 3.05) is 11.9 Å². The van der Waals surface area contributed by atoms with E-state index in [0.29, 0.717) is 18.2 Å². The molecule has 6 heteroatoms. The van der Waals surface area contributed by atoms with E-state index in [0.717, 1.165) is 16.8 Å². The third-order valence-corrected chi connectivity index (χ3v) is 2.78. The topological polar surface area (TPSA) is 63.0 Å². The van der Waals surface area contributed by atoms with Crippen molar-refractivity contribution >= 4 is 17.3 Å². The highest BCUT2D eigenvalue weighted by molar-refractivity contribution is 6.31. The van der Waals surface area contributed by atoms with Gasteiger partial charge in [-0.3, -0.25) is 4.68 Å². The molecule has 18 heavy (non-hydrogen) atoms. The van der Waals surface area contributed by atoms with Gasteiger partial charge in [0.15, 0.2) is 5.15 Å². The molecular formula is C12H15ClN4O. The van der Waals surface area contributed by atoms with E-state index in [9.17, 15) is 0 Å². The lowest BCUT2D eigenvalue weighted by Crippen LogP contribution is -2.02. The van der Waals surface area contributed by atoms with Crippen LogP contribution in [0.2, 0.25) is 5.15 Å². The van der Waals surface area contributed by atoms with Crippen LogP contribution in [0.4, 0.5) is 5.69 Å². The lowest BCUT2D eigenvalue weighted by molar-refractivity contribution is 0.269. The van der Waals surface area contributed by atoms with Crippen LogP contribution in [0.5, 0.6) is 0 Å². The van der Waals surface area contributed by atoms with Crippen molar-refractivity contribution < 1.29 is 5.11 Å².